The van der Waals surface area contributed by atoms with E-state index >= 15 is 0 Å². The maximum Gasteiger partial charge on any atom is 0.126 e. The molecule has 1 aliphatic heterocycles. The molecule has 1 aromatic carbocycles. The van der Waals surface area contributed by atoms with E-state index in [0.717, 1.165) is 11.8 Å². The zero-order valence-electron chi connectivity index (χ0n) is 7.72. The fourth-order valence-electron chi connectivity index (χ4n) is 1.54. The molecule has 0 bridgehead atoms. The third-order valence-corrected chi connectivity index (χ3v) is 2.20. The lowest BCUT2D eigenvalue weighted by molar-refractivity contribution is 0.560. The summed E-state index contributed by atoms with van der Waals surface area (Å²) in [4.78, 5) is 0. The second kappa shape index (κ2) is 3.36. The van der Waals surface area contributed by atoms with Crippen LogP contribution in [-0.2, 0) is 0 Å². The maximum absolute atomic E-state index is 12.9. The molecule has 1 unspecified atom stereocenters. The van der Waals surface area contributed by atoms with E-state index in [0.29, 0.717) is 12.0 Å². The standard InChI is InChI=1S/C10H10F2N2/c1-6-2-10(14-13-6)7-3-8(11)5-9(12)4-7/h3-5,10,14H,2H2,1H3. The molecule has 1 aliphatic rings. The van der Waals surface area contributed by atoms with Gasteiger partial charge in [0.2, 0.25) is 0 Å². The number of hydrogen-bond donors (Lipinski definition) is 1. The average molecular weight is 196 g/mol. The van der Waals surface area contributed by atoms with Gasteiger partial charge in [0, 0.05) is 18.2 Å². The molecule has 0 saturated carbocycles. The summed E-state index contributed by atoms with van der Waals surface area (Å²) in [6.45, 7) is 1.88. The van der Waals surface area contributed by atoms with Gasteiger partial charge in [-0.15, -0.1) is 0 Å². The van der Waals surface area contributed by atoms with Gasteiger partial charge in [-0.3, -0.25) is 0 Å². The first-order chi connectivity index (χ1) is 6.65. The number of nitrogens with one attached hydrogen (secondary N) is 1. The van der Waals surface area contributed by atoms with Crippen molar-refractivity contribution in [1.82, 2.24) is 5.43 Å². The fraction of sp³-hybridized carbons (Fsp3) is 0.300. The molecule has 1 atom stereocenters. The van der Waals surface area contributed by atoms with E-state index < -0.39 is 11.6 Å². The minimum Gasteiger partial charge on any atom is -0.302 e. The van der Waals surface area contributed by atoms with Crippen molar-refractivity contribution in [2.45, 2.75) is 19.4 Å². The Kier molecular flexibility index (Phi) is 2.19. The highest BCUT2D eigenvalue weighted by Crippen LogP contribution is 2.22. The van der Waals surface area contributed by atoms with Crippen molar-refractivity contribution in [1.29, 1.82) is 0 Å². The first-order valence-corrected chi connectivity index (χ1v) is 4.40. The molecule has 1 heterocycles. The minimum atomic E-state index is -0.550. The first-order valence-electron chi connectivity index (χ1n) is 4.40. The van der Waals surface area contributed by atoms with Gasteiger partial charge in [-0.05, 0) is 24.6 Å². The van der Waals surface area contributed by atoms with Crippen LogP contribution in [0.5, 0.6) is 0 Å². The predicted molar refractivity (Wildman–Crippen MR) is 50.0 cm³/mol. The second-order valence-corrected chi connectivity index (χ2v) is 3.44. The van der Waals surface area contributed by atoms with Crippen molar-refractivity contribution in [3.63, 3.8) is 0 Å². The quantitative estimate of drug-likeness (QED) is 0.732. The van der Waals surface area contributed by atoms with Gasteiger partial charge in [0.1, 0.15) is 11.6 Å². The lowest BCUT2D eigenvalue weighted by atomic mass is 10.0. The summed E-state index contributed by atoms with van der Waals surface area (Å²) in [6.07, 6.45) is 0.697. The number of hydrogen-bond acceptors (Lipinski definition) is 2. The third-order valence-electron chi connectivity index (χ3n) is 2.20. The summed E-state index contributed by atoms with van der Waals surface area (Å²) in [5, 5.41) is 3.98. The monoisotopic (exact) mass is 196 g/mol. The topological polar surface area (TPSA) is 24.4 Å². The molecule has 74 valence electrons. The Morgan fingerprint density at radius 3 is 2.43 bits per heavy atom. The highest BCUT2D eigenvalue weighted by Gasteiger charge is 2.18. The van der Waals surface area contributed by atoms with Crippen LogP contribution in [0, 0.1) is 11.6 Å². The van der Waals surface area contributed by atoms with E-state index in [4.69, 9.17) is 0 Å². The van der Waals surface area contributed by atoms with Crippen molar-refractivity contribution >= 4 is 5.71 Å². The Balaban J connectivity index is 2.25. The van der Waals surface area contributed by atoms with Crippen LogP contribution >= 0.6 is 0 Å². The molecular weight excluding hydrogens is 186 g/mol. The van der Waals surface area contributed by atoms with Gasteiger partial charge >= 0.3 is 0 Å². The number of nitrogens with zero attached hydrogens (tertiary/aromatic N) is 1. The van der Waals surface area contributed by atoms with Crippen LogP contribution in [0.1, 0.15) is 24.9 Å². The summed E-state index contributed by atoms with van der Waals surface area (Å²) < 4.78 is 25.7. The Labute approximate surface area is 80.6 Å². The van der Waals surface area contributed by atoms with Crippen LogP contribution in [-0.4, -0.2) is 5.71 Å². The van der Waals surface area contributed by atoms with Gasteiger partial charge in [0.05, 0.1) is 6.04 Å². The molecule has 2 rings (SSSR count). The smallest absolute Gasteiger partial charge is 0.126 e. The van der Waals surface area contributed by atoms with Gasteiger partial charge < -0.3 is 5.43 Å². The number of halogens is 2. The number of rotatable bonds is 1. The molecule has 0 aliphatic carbocycles. The van der Waals surface area contributed by atoms with Crippen LogP contribution in [0.15, 0.2) is 23.3 Å². The normalized spacial score (nSPS) is 20.5. The molecule has 1 N–H and O–H groups in total. The van der Waals surface area contributed by atoms with Crippen molar-refractivity contribution < 1.29 is 8.78 Å². The molecular formula is C10H10F2N2. The Bertz CT molecular complexity index is 367. The summed E-state index contributed by atoms with van der Waals surface area (Å²) in [5.74, 6) is -1.10. The minimum absolute atomic E-state index is 0.0970. The highest BCUT2D eigenvalue weighted by atomic mass is 19.1. The molecule has 1 aromatic rings. The van der Waals surface area contributed by atoms with Gasteiger partial charge in [0.15, 0.2) is 0 Å². The van der Waals surface area contributed by atoms with Gasteiger partial charge in [-0.2, -0.15) is 5.10 Å². The van der Waals surface area contributed by atoms with Crippen LogP contribution in [0.2, 0.25) is 0 Å². The molecule has 2 nitrogen and oxygen atoms in total. The zero-order valence-corrected chi connectivity index (χ0v) is 7.72. The lowest BCUT2D eigenvalue weighted by Crippen LogP contribution is -2.10. The van der Waals surface area contributed by atoms with Gasteiger partial charge in [-0.1, -0.05) is 0 Å². The SMILES string of the molecule is CC1=NNC(c2cc(F)cc(F)c2)C1. The van der Waals surface area contributed by atoms with Gasteiger partial charge in [-0.25, -0.2) is 8.78 Å². The van der Waals surface area contributed by atoms with E-state index in [-0.39, 0.29) is 6.04 Å². The van der Waals surface area contributed by atoms with Crippen LogP contribution in [0.4, 0.5) is 8.78 Å². The van der Waals surface area contributed by atoms with E-state index in [1.807, 2.05) is 6.92 Å². The molecule has 0 radical (unpaired) electrons. The fourth-order valence-corrected chi connectivity index (χ4v) is 1.54. The number of hydrazone groups is 1. The van der Waals surface area contributed by atoms with Crippen LogP contribution < -0.4 is 5.43 Å². The Morgan fingerprint density at radius 1 is 1.29 bits per heavy atom. The van der Waals surface area contributed by atoms with Crippen molar-refractivity contribution in [3.05, 3.63) is 35.4 Å². The largest absolute Gasteiger partial charge is 0.302 e. The molecule has 0 saturated heterocycles. The molecule has 0 aromatic heterocycles. The van der Waals surface area contributed by atoms with Crippen LogP contribution in [0.25, 0.3) is 0 Å². The third kappa shape index (κ3) is 1.73. The Morgan fingerprint density at radius 2 is 1.93 bits per heavy atom. The van der Waals surface area contributed by atoms with Crippen LogP contribution in [0.3, 0.4) is 0 Å². The summed E-state index contributed by atoms with van der Waals surface area (Å²) in [5.41, 5.74) is 4.38. The van der Waals surface area contributed by atoms with Crippen molar-refractivity contribution in [2.75, 3.05) is 0 Å². The number of benzene rings is 1. The van der Waals surface area contributed by atoms with E-state index in [2.05, 4.69) is 10.5 Å². The van der Waals surface area contributed by atoms with E-state index in [1.54, 1.807) is 0 Å². The summed E-state index contributed by atoms with van der Waals surface area (Å²) >= 11 is 0. The first kappa shape index (κ1) is 9.12. The molecule has 0 amide bonds. The van der Waals surface area contributed by atoms with E-state index in [9.17, 15) is 8.78 Å². The van der Waals surface area contributed by atoms with Gasteiger partial charge in [0.25, 0.3) is 0 Å². The Hall–Kier alpha value is -1.45. The zero-order chi connectivity index (χ0) is 10.1. The molecule has 0 spiro atoms. The van der Waals surface area contributed by atoms with E-state index in [1.165, 1.54) is 12.1 Å². The maximum atomic E-state index is 12.9. The average Bonchev–Trinajstić information content (AvgIpc) is 2.50. The summed E-state index contributed by atoms with van der Waals surface area (Å²) in [6, 6.07) is 3.43. The highest BCUT2D eigenvalue weighted by molar-refractivity contribution is 5.83. The van der Waals surface area contributed by atoms with Crippen molar-refractivity contribution in [3.8, 4) is 0 Å². The van der Waals surface area contributed by atoms with Crippen molar-refractivity contribution in [2.24, 2.45) is 5.10 Å². The summed E-state index contributed by atoms with van der Waals surface area (Å²) in [7, 11) is 0. The predicted octanol–water partition coefficient (Wildman–Crippen LogP) is 2.38. The lowest BCUT2D eigenvalue weighted by Gasteiger charge is -2.09. The molecule has 14 heavy (non-hydrogen) atoms. The molecule has 4 heteroatoms. The molecule has 0 fully saturated rings. The second-order valence-electron chi connectivity index (χ2n) is 3.44.